The molecule has 3 rings (SSSR count). The van der Waals surface area contributed by atoms with Crippen LogP contribution in [0.1, 0.15) is 33.6 Å². The first-order valence-electron chi connectivity index (χ1n) is 12.7. The largest absolute Gasteiger partial charge is 0.378 e. The Labute approximate surface area is 225 Å². The fourth-order valence-electron chi connectivity index (χ4n) is 3.93. The number of carbonyl (C=O) groups is 5. The molecule has 1 unspecified atom stereocenters. The molecule has 214 valence electrons. The predicted octanol–water partition coefficient (Wildman–Crippen LogP) is -0.932. The Kier molecular flexibility index (Phi) is 12.4. The lowest BCUT2D eigenvalue weighted by atomic mass is 10.0. The van der Waals surface area contributed by atoms with Gasteiger partial charge in [-0.2, -0.15) is 0 Å². The van der Waals surface area contributed by atoms with Crippen molar-refractivity contribution in [3.8, 4) is 0 Å². The van der Waals surface area contributed by atoms with E-state index in [0.29, 0.717) is 52.8 Å². The highest BCUT2D eigenvalue weighted by molar-refractivity contribution is 6.26. The molecule has 14 heteroatoms. The second kappa shape index (κ2) is 16.0. The van der Waals surface area contributed by atoms with Crippen molar-refractivity contribution in [2.75, 3.05) is 77.9 Å². The van der Waals surface area contributed by atoms with Crippen LogP contribution in [0.25, 0.3) is 0 Å². The normalized spacial score (nSPS) is 16.9. The third-order valence-electron chi connectivity index (χ3n) is 5.73. The molecule has 39 heavy (non-hydrogen) atoms. The molecule has 1 atom stereocenters. The molecule has 2 heterocycles. The monoisotopic (exact) mass is 550 g/mol. The van der Waals surface area contributed by atoms with E-state index in [1.54, 1.807) is 0 Å². The summed E-state index contributed by atoms with van der Waals surface area (Å²) in [4.78, 5) is 62.8. The zero-order valence-electron chi connectivity index (χ0n) is 21.6. The smallest absolute Gasteiger partial charge is 0.264 e. The first kappa shape index (κ1) is 30.3. The van der Waals surface area contributed by atoms with Crippen LogP contribution in [0.15, 0.2) is 18.2 Å². The Bertz CT molecular complexity index is 1030. The fourth-order valence-corrected chi connectivity index (χ4v) is 3.93. The highest BCUT2D eigenvalue weighted by atomic mass is 16.6. The van der Waals surface area contributed by atoms with Gasteiger partial charge >= 0.3 is 0 Å². The number of imide groups is 2. The average Bonchev–Trinajstić information content (AvgIpc) is 3.17. The molecule has 0 saturated carbocycles. The number of carbonyl (C=O) groups excluding carboxylic acids is 5. The van der Waals surface area contributed by atoms with Crippen LogP contribution in [0.4, 0.5) is 5.69 Å². The number of nitrogens with zero attached hydrogens (tertiary/aromatic N) is 1. The van der Waals surface area contributed by atoms with Gasteiger partial charge in [0.1, 0.15) is 12.6 Å². The van der Waals surface area contributed by atoms with Gasteiger partial charge in [0.25, 0.3) is 11.8 Å². The Morgan fingerprint density at radius 1 is 0.872 bits per heavy atom. The van der Waals surface area contributed by atoms with E-state index in [9.17, 15) is 24.0 Å². The number of ether oxygens (including phenoxy) is 5. The van der Waals surface area contributed by atoms with Crippen LogP contribution in [-0.2, 0) is 38.1 Å². The third kappa shape index (κ3) is 8.88. The van der Waals surface area contributed by atoms with Crippen molar-refractivity contribution in [2.45, 2.75) is 18.9 Å². The molecule has 4 N–H and O–H groups in total. The van der Waals surface area contributed by atoms with Gasteiger partial charge in [-0.25, -0.2) is 0 Å². The van der Waals surface area contributed by atoms with E-state index in [4.69, 9.17) is 29.4 Å². The molecular weight excluding hydrogens is 516 g/mol. The highest BCUT2D eigenvalue weighted by Gasteiger charge is 2.45. The molecule has 2 aliphatic rings. The van der Waals surface area contributed by atoms with Gasteiger partial charge in [0, 0.05) is 13.0 Å². The number of amides is 5. The summed E-state index contributed by atoms with van der Waals surface area (Å²) in [6, 6.07) is 3.36. The SMILES string of the molecule is NCCOCCOCCOCCOCCOCC(=O)Nc1cccc2c1C(=O)N(C1CCC(=O)NC1=O)C2=O. The lowest BCUT2D eigenvalue weighted by Crippen LogP contribution is -2.54. The summed E-state index contributed by atoms with van der Waals surface area (Å²) < 4.78 is 26.6. The van der Waals surface area contributed by atoms with E-state index in [1.807, 2.05) is 0 Å². The molecule has 1 aromatic rings. The Balaban J connectivity index is 1.31. The third-order valence-corrected chi connectivity index (χ3v) is 5.73. The van der Waals surface area contributed by atoms with Crippen LogP contribution in [0.5, 0.6) is 0 Å². The summed E-state index contributed by atoms with van der Waals surface area (Å²) >= 11 is 0. The molecule has 0 aliphatic carbocycles. The van der Waals surface area contributed by atoms with Gasteiger partial charge in [-0.05, 0) is 18.6 Å². The zero-order chi connectivity index (χ0) is 28.0. The topological polar surface area (TPSA) is 185 Å². The van der Waals surface area contributed by atoms with E-state index in [1.165, 1.54) is 18.2 Å². The van der Waals surface area contributed by atoms with Crippen molar-refractivity contribution < 1.29 is 47.7 Å². The number of fused-ring (bicyclic) bond motifs is 1. The Hall–Kier alpha value is -3.27. The maximum absolute atomic E-state index is 13.1. The highest BCUT2D eigenvalue weighted by Crippen LogP contribution is 2.32. The average molecular weight is 551 g/mol. The van der Waals surface area contributed by atoms with E-state index < -0.39 is 35.6 Å². The molecule has 2 aliphatic heterocycles. The molecule has 0 spiro atoms. The standard InChI is InChI=1S/C25H34N4O10/c26-6-7-35-8-9-36-10-11-37-12-13-38-14-15-39-16-21(31)27-18-3-1-2-17-22(18)25(34)29(24(17)33)19-4-5-20(30)28-23(19)32/h1-3,19H,4-16,26H2,(H,27,31)(H,28,30,32). The maximum atomic E-state index is 13.1. The van der Waals surface area contributed by atoms with Gasteiger partial charge in [-0.3, -0.25) is 34.2 Å². The molecular formula is C25H34N4O10. The van der Waals surface area contributed by atoms with Crippen LogP contribution in [0.2, 0.25) is 0 Å². The van der Waals surface area contributed by atoms with Crippen LogP contribution in [-0.4, -0.2) is 113 Å². The number of rotatable bonds is 18. The van der Waals surface area contributed by atoms with Gasteiger partial charge in [0.2, 0.25) is 17.7 Å². The molecule has 1 fully saturated rings. The summed E-state index contributed by atoms with van der Waals surface area (Å²) in [6.45, 7) is 3.69. The second-order valence-electron chi connectivity index (χ2n) is 8.51. The van der Waals surface area contributed by atoms with E-state index in [-0.39, 0.29) is 49.5 Å². The van der Waals surface area contributed by atoms with Crippen molar-refractivity contribution in [1.82, 2.24) is 10.2 Å². The summed E-state index contributed by atoms with van der Waals surface area (Å²) in [5.74, 6) is -3.05. The van der Waals surface area contributed by atoms with Gasteiger partial charge in [0.15, 0.2) is 0 Å². The minimum atomic E-state index is -1.09. The summed E-state index contributed by atoms with van der Waals surface area (Å²) in [5, 5.41) is 4.72. The lowest BCUT2D eigenvalue weighted by molar-refractivity contribution is -0.136. The van der Waals surface area contributed by atoms with Crippen molar-refractivity contribution in [2.24, 2.45) is 5.73 Å². The van der Waals surface area contributed by atoms with Crippen LogP contribution < -0.4 is 16.4 Å². The number of anilines is 1. The van der Waals surface area contributed by atoms with Crippen LogP contribution in [0.3, 0.4) is 0 Å². The second-order valence-corrected chi connectivity index (χ2v) is 8.51. The number of hydrogen-bond acceptors (Lipinski definition) is 11. The first-order valence-corrected chi connectivity index (χ1v) is 12.7. The van der Waals surface area contributed by atoms with Gasteiger partial charge in [0.05, 0.1) is 76.3 Å². The van der Waals surface area contributed by atoms with Crippen LogP contribution >= 0.6 is 0 Å². The summed E-state index contributed by atoms with van der Waals surface area (Å²) in [7, 11) is 0. The van der Waals surface area contributed by atoms with Crippen molar-refractivity contribution in [3.05, 3.63) is 29.3 Å². The van der Waals surface area contributed by atoms with Crippen molar-refractivity contribution in [1.29, 1.82) is 0 Å². The van der Waals surface area contributed by atoms with E-state index in [2.05, 4.69) is 10.6 Å². The number of benzene rings is 1. The Morgan fingerprint density at radius 3 is 2.05 bits per heavy atom. The van der Waals surface area contributed by atoms with Gasteiger partial charge in [-0.15, -0.1) is 0 Å². The number of piperidine rings is 1. The predicted molar refractivity (Wildman–Crippen MR) is 135 cm³/mol. The Morgan fingerprint density at radius 2 is 1.46 bits per heavy atom. The number of hydrogen-bond donors (Lipinski definition) is 3. The zero-order valence-corrected chi connectivity index (χ0v) is 21.6. The van der Waals surface area contributed by atoms with Gasteiger partial charge in [-0.1, -0.05) is 6.07 Å². The molecule has 0 aromatic heterocycles. The molecule has 1 saturated heterocycles. The lowest BCUT2D eigenvalue weighted by Gasteiger charge is -2.27. The van der Waals surface area contributed by atoms with Crippen molar-refractivity contribution in [3.63, 3.8) is 0 Å². The minimum Gasteiger partial charge on any atom is -0.378 e. The van der Waals surface area contributed by atoms with Gasteiger partial charge < -0.3 is 34.7 Å². The molecule has 1 aromatic carbocycles. The minimum absolute atomic E-state index is 0.00536. The molecule has 14 nitrogen and oxygen atoms in total. The maximum Gasteiger partial charge on any atom is 0.264 e. The number of nitrogens with two attached hydrogens (primary N) is 1. The molecule has 0 bridgehead atoms. The number of nitrogens with one attached hydrogen (secondary N) is 2. The van der Waals surface area contributed by atoms with E-state index in [0.717, 1.165) is 4.90 Å². The molecule has 5 amide bonds. The first-order chi connectivity index (χ1) is 18.9. The summed E-state index contributed by atoms with van der Waals surface area (Å²) in [5.41, 5.74) is 5.51. The fraction of sp³-hybridized carbons (Fsp3) is 0.560. The van der Waals surface area contributed by atoms with Crippen LogP contribution in [0, 0.1) is 0 Å². The summed E-state index contributed by atoms with van der Waals surface area (Å²) in [6.07, 6.45) is 0.0585. The quantitative estimate of drug-likeness (QED) is 0.151. The molecule has 0 radical (unpaired) electrons. The van der Waals surface area contributed by atoms with Crippen molar-refractivity contribution >= 4 is 35.2 Å². The van der Waals surface area contributed by atoms with E-state index >= 15 is 0 Å².